The van der Waals surface area contributed by atoms with E-state index in [2.05, 4.69) is 55.6 Å². The van der Waals surface area contributed by atoms with Crippen molar-refractivity contribution in [3.8, 4) is 5.75 Å². The Kier molecular flexibility index (Phi) is 3.16. The molecule has 2 atom stereocenters. The van der Waals surface area contributed by atoms with Gasteiger partial charge in [-0.2, -0.15) is 0 Å². The van der Waals surface area contributed by atoms with Crippen molar-refractivity contribution in [1.29, 1.82) is 0 Å². The Morgan fingerprint density at radius 2 is 1.95 bits per heavy atom. The summed E-state index contributed by atoms with van der Waals surface area (Å²) in [5, 5.41) is 3.65. The van der Waals surface area contributed by atoms with Crippen LogP contribution in [0.1, 0.15) is 24.1 Å². The van der Waals surface area contributed by atoms with Crippen molar-refractivity contribution in [3.63, 3.8) is 0 Å². The first kappa shape index (κ1) is 12.1. The van der Waals surface area contributed by atoms with Crippen LogP contribution in [0.2, 0.25) is 0 Å². The van der Waals surface area contributed by atoms with E-state index in [4.69, 9.17) is 4.74 Å². The van der Waals surface area contributed by atoms with E-state index < -0.39 is 0 Å². The highest BCUT2D eigenvalue weighted by Crippen LogP contribution is 2.37. The van der Waals surface area contributed by atoms with Crippen LogP contribution in [0.3, 0.4) is 0 Å². The average molecular weight is 253 g/mol. The molecule has 0 bridgehead atoms. The first-order valence-electron chi connectivity index (χ1n) is 6.79. The topological polar surface area (TPSA) is 21.3 Å². The average Bonchev–Trinajstić information content (AvgIpc) is 2.42. The molecule has 0 saturated heterocycles. The molecular formula is C17H19NO. The van der Waals surface area contributed by atoms with Crippen molar-refractivity contribution in [2.24, 2.45) is 5.92 Å². The molecule has 2 heteroatoms. The molecule has 1 aliphatic rings. The van der Waals surface area contributed by atoms with Crippen LogP contribution in [0, 0.1) is 12.8 Å². The normalized spacial score (nSPS) is 21.4. The highest BCUT2D eigenvalue weighted by Gasteiger charge is 2.27. The molecule has 3 rings (SSSR count). The second-order valence-electron chi connectivity index (χ2n) is 5.32. The predicted molar refractivity (Wildman–Crippen MR) is 78.6 cm³/mol. The first-order valence-corrected chi connectivity index (χ1v) is 6.79. The van der Waals surface area contributed by atoms with Crippen LogP contribution in [-0.2, 0) is 0 Å². The third kappa shape index (κ3) is 2.43. The molecule has 0 aromatic heterocycles. The summed E-state index contributed by atoms with van der Waals surface area (Å²) in [5.74, 6) is 1.46. The molecule has 0 aliphatic carbocycles. The van der Waals surface area contributed by atoms with Gasteiger partial charge in [0, 0.05) is 17.2 Å². The van der Waals surface area contributed by atoms with Gasteiger partial charge < -0.3 is 10.1 Å². The molecule has 0 radical (unpaired) electrons. The summed E-state index contributed by atoms with van der Waals surface area (Å²) in [4.78, 5) is 0. The van der Waals surface area contributed by atoms with Crippen LogP contribution < -0.4 is 10.1 Å². The summed E-state index contributed by atoms with van der Waals surface area (Å²) in [6.45, 7) is 5.11. The fourth-order valence-electron chi connectivity index (χ4n) is 2.63. The summed E-state index contributed by atoms with van der Waals surface area (Å²) >= 11 is 0. The predicted octanol–water partition coefficient (Wildman–Crippen LogP) is 4.18. The smallest absolute Gasteiger partial charge is 0.124 e. The first-order chi connectivity index (χ1) is 9.24. The van der Waals surface area contributed by atoms with Gasteiger partial charge in [-0.15, -0.1) is 0 Å². The number of fused-ring (bicyclic) bond motifs is 1. The van der Waals surface area contributed by atoms with Gasteiger partial charge in [0.05, 0.1) is 12.6 Å². The fraction of sp³-hybridized carbons (Fsp3) is 0.294. The van der Waals surface area contributed by atoms with Crippen LogP contribution in [0.25, 0.3) is 0 Å². The molecule has 2 aromatic carbocycles. The number of hydrogen-bond acceptors (Lipinski definition) is 2. The Morgan fingerprint density at radius 1 is 1.11 bits per heavy atom. The Bertz CT molecular complexity index is 579. The third-order valence-electron chi connectivity index (χ3n) is 3.67. The Labute approximate surface area is 114 Å². The zero-order chi connectivity index (χ0) is 13.2. The van der Waals surface area contributed by atoms with Gasteiger partial charge in [0.25, 0.3) is 0 Å². The van der Waals surface area contributed by atoms with E-state index in [1.165, 1.54) is 16.8 Å². The molecule has 2 nitrogen and oxygen atoms in total. The molecule has 98 valence electrons. The monoisotopic (exact) mass is 253 g/mol. The highest BCUT2D eigenvalue weighted by atomic mass is 16.5. The van der Waals surface area contributed by atoms with Crippen molar-refractivity contribution in [3.05, 3.63) is 59.7 Å². The summed E-state index contributed by atoms with van der Waals surface area (Å²) in [5.41, 5.74) is 3.70. The molecule has 1 aliphatic heterocycles. The lowest BCUT2D eigenvalue weighted by Crippen LogP contribution is -2.28. The Balaban J connectivity index is 1.91. The second kappa shape index (κ2) is 4.96. The van der Waals surface area contributed by atoms with Crippen LogP contribution in [0.5, 0.6) is 5.75 Å². The molecule has 0 saturated carbocycles. The lowest BCUT2D eigenvalue weighted by atomic mass is 9.92. The van der Waals surface area contributed by atoms with Gasteiger partial charge in [0.15, 0.2) is 0 Å². The SMILES string of the molecule is Cc1cccc(NC2c3ccccc3OCC2C)c1. The second-order valence-corrected chi connectivity index (χ2v) is 5.32. The van der Waals surface area contributed by atoms with Gasteiger partial charge in [-0.05, 0) is 30.7 Å². The van der Waals surface area contributed by atoms with Gasteiger partial charge in [0.2, 0.25) is 0 Å². The molecule has 1 N–H and O–H groups in total. The maximum Gasteiger partial charge on any atom is 0.124 e. The Morgan fingerprint density at radius 3 is 2.79 bits per heavy atom. The third-order valence-corrected chi connectivity index (χ3v) is 3.67. The van der Waals surface area contributed by atoms with E-state index in [1.807, 2.05) is 12.1 Å². The summed E-state index contributed by atoms with van der Waals surface area (Å²) in [6.07, 6.45) is 0. The maximum atomic E-state index is 5.79. The Hall–Kier alpha value is -1.96. The summed E-state index contributed by atoms with van der Waals surface area (Å²) in [7, 11) is 0. The number of hydrogen-bond donors (Lipinski definition) is 1. The quantitative estimate of drug-likeness (QED) is 0.867. The van der Waals surface area contributed by atoms with Gasteiger partial charge in [-0.3, -0.25) is 0 Å². The van der Waals surface area contributed by atoms with Crippen LogP contribution >= 0.6 is 0 Å². The number of nitrogens with one attached hydrogen (secondary N) is 1. The molecule has 0 spiro atoms. The largest absolute Gasteiger partial charge is 0.493 e. The lowest BCUT2D eigenvalue weighted by molar-refractivity contribution is 0.214. The van der Waals surface area contributed by atoms with Crippen molar-refractivity contribution < 1.29 is 4.74 Å². The van der Waals surface area contributed by atoms with Crippen LogP contribution in [0.15, 0.2) is 48.5 Å². The van der Waals surface area contributed by atoms with Gasteiger partial charge in [-0.1, -0.05) is 37.3 Å². The number of ether oxygens (including phenoxy) is 1. The van der Waals surface area contributed by atoms with E-state index in [9.17, 15) is 0 Å². The van der Waals surface area contributed by atoms with Crippen molar-refractivity contribution >= 4 is 5.69 Å². The van der Waals surface area contributed by atoms with E-state index in [0.29, 0.717) is 12.0 Å². The van der Waals surface area contributed by atoms with Crippen molar-refractivity contribution in [2.75, 3.05) is 11.9 Å². The van der Waals surface area contributed by atoms with Crippen molar-refractivity contribution in [1.82, 2.24) is 0 Å². The number of rotatable bonds is 2. The molecule has 0 fully saturated rings. The number of anilines is 1. The minimum Gasteiger partial charge on any atom is -0.493 e. The molecule has 2 aromatic rings. The van der Waals surface area contributed by atoms with E-state index in [-0.39, 0.29) is 0 Å². The van der Waals surface area contributed by atoms with Gasteiger partial charge >= 0.3 is 0 Å². The maximum absolute atomic E-state index is 5.79. The fourth-order valence-corrected chi connectivity index (χ4v) is 2.63. The lowest BCUT2D eigenvalue weighted by Gasteiger charge is -2.32. The van der Waals surface area contributed by atoms with E-state index in [1.54, 1.807) is 0 Å². The minimum absolute atomic E-state index is 0.312. The number of aryl methyl sites for hydroxylation is 1. The molecule has 0 amide bonds. The number of benzene rings is 2. The van der Waals surface area contributed by atoms with Crippen LogP contribution in [-0.4, -0.2) is 6.61 Å². The summed E-state index contributed by atoms with van der Waals surface area (Å²) in [6, 6.07) is 17.1. The zero-order valence-corrected chi connectivity index (χ0v) is 11.4. The van der Waals surface area contributed by atoms with Crippen LogP contribution in [0.4, 0.5) is 5.69 Å². The standard InChI is InChI=1S/C17H19NO/c1-12-6-5-7-14(10-12)18-17-13(2)11-19-16-9-4-3-8-15(16)17/h3-10,13,17-18H,11H2,1-2H3. The minimum atomic E-state index is 0.312. The molecular weight excluding hydrogens is 234 g/mol. The highest BCUT2D eigenvalue weighted by molar-refractivity contribution is 5.50. The molecule has 2 unspecified atom stereocenters. The van der Waals surface area contributed by atoms with Crippen molar-refractivity contribution in [2.45, 2.75) is 19.9 Å². The van der Waals surface area contributed by atoms with E-state index >= 15 is 0 Å². The molecule has 19 heavy (non-hydrogen) atoms. The zero-order valence-electron chi connectivity index (χ0n) is 11.4. The van der Waals surface area contributed by atoms with Gasteiger partial charge in [0.1, 0.15) is 5.75 Å². The number of para-hydroxylation sites is 1. The summed E-state index contributed by atoms with van der Waals surface area (Å²) < 4.78 is 5.79. The van der Waals surface area contributed by atoms with Gasteiger partial charge in [-0.25, -0.2) is 0 Å². The van der Waals surface area contributed by atoms with E-state index in [0.717, 1.165) is 12.4 Å². The molecule has 1 heterocycles.